The van der Waals surface area contributed by atoms with Crippen LogP contribution in [0.3, 0.4) is 0 Å². The molecule has 10 heteroatoms. The molecule has 2 saturated heterocycles. The summed E-state index contributed by atoms with van der Waals surface area (Å²) < 4.78 is 0. The predicted octanol–water partition coefficient (Wildman–Crippen LogP) is 7.86. The van der Waals surface area contributed by atoms with E-state index in [1.54, 1.807) is 0 Å². The Balaban J connectivity index is 0.000000730. The van der Waals surface area contributed by atoms with Crippen LogP contribution in [0.4, 0.5) is 11.9 Å². The Kier molecular flexibility index (Phi) is 21.3. The fraction of sp³-hybridized carbons (Fsp3) is 0.930. The molecule has 3 rings (SSSR count). The molecule has 1 aromatic rings. The SMILES string of the molecule is CCCCN(c1nc(C)nc(N(CCCC)C2CC(C)(C)NC(C)(C)C2)n1)C1CC(C)(C)NC(C)(C)C1.CCCN(C)C.CCCN(C)CCN(C)C. The average Bonchev–Trinajstić information content (AvgIpc) is 2.98. The molecule has 1 aromatic heterocycles. The standard InChI is InChI=1S/C30H57N7.C8H20N2.C5H13N/c1-12-14-16-36(23-18-27(4,5)34-28(6,7)19-23)25-31-22(3)32-26(33-25)37(17-15-13-2)24-20-29(8,9)35-30(10,11)21-24;1-5-6-10(4)8-7-9(2)3;1-4-5-6(2)3/h23-24,34-35H,12-21H2,1-11H3;5-8H2,1-4H3;4-5H2,1-3H3. The van der Waals surface area contributed by atoms with E-state index in [-0.39, 0.29) is 22.2 Å². The van der Waals surface area contributed by atoms with E-state index in [1.807, 2.05) is 6.92 Å². The highest BCUT2D eigenvalue weighted by atomic mass is 15.4. The fourth-order valence-corrected chi connectivity index (χ4v) is 8.55. The summed E-state index contributed by atoms with van der Waals surface area (Å²) in [6.07, 6.45) is 11.4. The zero-order chi connectivity index (χ0) is 40.6. The normalized spacial score (nSPS) is 19.4. The lowest BCUT2D eigenvalue weighted by molar-refractivity contribution is 0.157. The lowest BCUT2D eigenvalue weighted by atomic mass is 9.79. The molecule has 0 radical (unpaired) electrons. The molecule has 53 heavy (non-hydrogen) atoms. The van der Waals surface area contributed by atoms with Gasteiger partial charge in [-0.1, -0.05) is 40.5 Å². The quantitative estimate of drug-likeness (QED) is 0.165. The summed E-state index contributed by atoms with van der Waals surface area (Å²) in [6, 6.07) is 0.793. The Bertz CT molecular complexity index is 1030. The van der Waals surface area contributed by atoms with E-state index >= 15 is 0 Å². The van der Waals surface area contributed by atoms with Gasteiger partial charge in [0.05, 0.1) is 0 Å². The van der Waals surface area contributed by atoms with Crippen molar-refractivity contribution in [1.82, 2.24) is 40.3 Å². The summed E-state index contributed by atoms with van der Waals surface area (Å²) >= 11 is 0. The van der Waals surface area contributed by atoms with Gasteiger partial charge < -0.3 is 35.1 Å². The van der Waals surface area contributed by atoms with E-state index in [9.17, 15) is 0 Å². The lowest BCUT2D eigenvalue weighted by Crippen LogP contribution is -2.63. The molecule has 2 fully saturated rings. The van der Waals surface area contributed by atoms with Crippen molar-refractivity contribution in [1.29, 1.82) is 0 Å². The molecule has 0 aliphatic carbocycles. The first-order chi connectivity index (χ1) is 24.5. The first kappa shape index (κ1) is 49.4. The fourth-order valence-electron chi connectivity index (χ4n) is 8.55. The van der Waals surface area contributed by atoms with Crippen LogP contribution in [0.25, 0.3) is 0 Å². The highest BCUT2D eigenvalue weighted by Gasteiger charge is 2.42. The second-order valence-electron chi connectivity index (χ2n) is 19.4. The first-order valence-electron chi connectivity index (χ1n) is 21.3. The van der Waals surface area contributed by atoms with Crippen LogP contribution in [-0.4, -0.2) is 138 Å². The van der Waals surface area contributed by atoms with Crippen molar-refractivity contribution in [3.8, 4) is 0 Å². The van der Waals surface area contributed by atoms with Crippen LogP contribution in [0.2, 0.25) is 0 Å². The van der Waals surface area contributed by atoms with Crippen molar-refractivity contribution in [2.24, 2.45) is 0 Å². The molecule has 0 spiro atoms. The van der Waals surface area contributed by atoms with E-state index in [2.05, 4.69) is 153 Å². The van der Waals surface area contributed by atoms with Gasteiger partial charge in [0.15, 0.2) is 0 Å². The van der Waals surface area contributed by atoms with Crippen LogP contribution in [-0.2, 0) is 0 Å². The number of anilines is 2. The molecule has 2 aliphatic rings. The highest BCUT2D eigenvalue weighted by molar-refractivity contribution is 5.42. The summed E-state index contributed by atoms with van der Waals surface area (Å²) in [5, 5.41) is 7.71. The van der Waals surface area contributed by atoms with Crippen LogP contribution in [0, 0.1) is 6.92 Å². The van der Waals surface area contributed by atoms with Crippen LogP contribution in [0.15, 0.2) is 0 Å². The summed E-state index contributed by atoms with van der Waals surface area (Å²) in [6.45, 7) is 36.3. The van der Waals surface area contributed by atoms with Gasteiger partial charge in [0.1, 0.15) is 5.82 Å². The second-order valence-corrected chi connectivity index (χ2v) is 19.4. The summed E-state index contributed by atoms with van der Waals surface area (Å²) in [5.74, 6) is 2.55. The molecule has 0 bridgehead atoms. The van der Waals surface area contributed by atoms with Crippen molar-refractivity contribution in [3.05, 3.63) is 5.82 Å². The van der Waals surface area contributed by atoms with Crippen molar-refractivity contribution in [3.63, 3.8) is 0 Å². The summed E-state index contributed by atoms with van der Waals surface area (Å²) in [5.41, 5.74) is 0.283. The first-order valence-corrected chi connectivity index (χ1v) is 21.3. The maximum atomic E-state index is 5.27. The number of aromatic nitrogens is 3. The minimum absolute atomic E-state index is 0.0706. The van der Waals surface area contributed by atoms with Gasteiger partial charge in [-0.25, -0.2) is 0 Å². The Morgan fingerprint density at radius 1 is 0.491 bits per heavy atom. The maximum Gasteiger partial charge on any atom is 0.230 e. The molecule has 0 unspecified atom stereocenters. The average molecular weight is 747 g/mol. The number of nitrogens with zero attached hydrogens (tertiary/aromatic N) is 8. The number of nitrogens with one attached hydrogen (secondary N) is 2. The molecule has 2 N–H and O–H groups in total. The van der Waals surface area contributed by atoms with E-state index in [0.717, 1.165) is 88.7 Å². The minimum atomic E-state index is 0.0706. The number of aryl methyl sites for hydroxylation is 1. The van der Waals surface area contributed by atoms with Crippen LogP contribution in [0.5, 0.6) is 0 Å². The highest BCUT2D eigenvalue weighted by Crippen LogP contribution is 2.36. The maximum absolute atomic E-state index is 5.27. The third kappa shape index (κ3) is 19.7. The van der Waals surface area contributed by atoms with Gasteiger partial charge in [-0.05, 0) is 162 Å². The molecule has 10 nitrogen and oxygen atoms in total. The topological polar surface area (TPSA) is 78.9 Å². The molecule has 0 amide bonds. The molecule has 0 aromatic carbocycles. The molecule has 312 valence electrons. The largest absolute Gasteiger partial charge is 0.338 e. The number of hydrogen-bond acceptors (Lipinski definition) is 10. The van der Waals surface area contributed by atoms with Crippen molar-refractivity contribution in [2.75, 3.05) is 84.3 Å². The monoisotopic (exact) mass is 747 g/mol. The third-order valence-corrected chi connectivity index (χ3v) is 10.2. The van der Waals surface area contributed by atoms with Crippen molar-refractivity contribution >= 4 is 11.9 Å². The second kappa shape index (κ2) is 22.8. The number of piperidine rings is 2. The van der Waals surface area contributed by atoms with E-state index in [0.29, 0.717) is 12.1 Å². The molecule has 2 aliphatic heterocycles. The van der Waals surface area contributed by atoms with E-state index < -0.39 is 0 Å². The zero-order valence-corrected chi connectivity index (χ0v) is 38.5. The van der Waals surface area contributed by atoms with Gasteiger partial charge in [-0.15, -0.1) is 0 Å². The summed E-state index contributed by atoms with van der Waals surface area (Å²) in [4.78, 5) is 27.0. The molecule has 0 saturated carbocycles. The summed E-state index contributed by atoms with van der Waals surface area (Å²) in [7, 11) is 10.6. The van der Waals surface area contributed by atoms with Crippen molar-refractivity contribution < 1.29 is 0 Å². The lowest BCUT2D eigenvalue weighted by Gasteiger charge is -2.50. The zero-order valence-electron chi connectivity index (χ0n) is 38.5. The Morgan fingerprint density at radius 2 is 0.849 bits per heavy atom. The van der Waals surface area contributed by atoms with Crippen molar-refractivity contribution in [2.45, 2.75) is 188 Å². The Labute approximate surface area is 330 Å². The molecule has 0 atom stereocenters. The van der Waals surface area contributed by atoms with E-state index in [4.69, 9.17) is 15.0 Å². The number of hydrogen-bond donors (Lipinski definition) is 2. The number of likely N-dealkylation sites (N-methyl/N-ethyl adjacent to an activating group) is 2. The Hall–Kier alpha value is -1.59. The smallest absolute Gasteiger partial charge is 0.230 e. The number of rotatable bonds is 17. The van der Waals surface area contributed by atoms with Crippen LogP contribution >= 0.6 is 0 Å². The van der Waals surface area contributed by atoms with Gasteiger partial charge in [-0.3, -0.25) is 0 Å². The van der Waals surface area contributed by atoms with Crippen LogP contribution in [0.1, 0.15) is 153 Å². The van der Waals surface area contributed by atoms with Gasteiger partial charge in [-0.2, -0.15) is 15.0 Å². The molecular weight excluding hydrogens is 657 g/mol. The van der Waals surface area contributed by atoms with Gasteiger partial charge >= 0.3 is 0 Å². The predicted molar refractivity (Wildman–Crippen MR) is 233 cm³/mol. The van der Waals surface area contributed by atoms with Gasteiger partial charge in [0.2, 0.25) is 11.9 Å². The molecular formula is C43H90N10. The minimum Gasteiger partial charge on any atom is -0.338 e. The number of unbranched alkanes of at least 4 members (excludes halogenated alkanes) is 2. The molecule has 3 heterocycles. The van der Waals surface area contributed by atoms with Gasteiger partial charge in [0, 0.05) is 60.4 Å². The van der Waals surface area contributed by atoms with Crippen LogP contribution < -0.4 is 20.4 Å². The van der Waals surface area contributed by atoms with Gasteiger partial charge in [0.25, 0.3) is 0 Å². The van der Waals surface area contributed by atoms with E-state index in [1.165, 1.54) is 32.5 Å². The Morgan fingerprint density at radius 3 is 1.13 bits per heavy atom. The third-order valence-electron chi connectivity index (χ3n) is 10.2.